The molecule has 0 amide bonds. The van der Waals surface area contributed by atoms with E-state index in [0.717, 1.165) is 18.2 Å². The molecule has 0 aliphatic carbocycles. The van der Waals surface area contributed by atoms with Crippen molar-refractivity contribution in [3.05, 3.63) is 39.0 Å². The molecule has 0 bridgehead atoms. The number of fused-ring (bicyclic) bond motifs is 1. The minimum atomic E-state index is -0.418. The number of rotatable bonds is 10. The van der Waals surface area contributed by atoms with Crippen LogP contribution < -0.4 is 11.2 Å². The smallest absolute Gasteiger partial charge is 0.331 e. The molecule has 7 nitrogen and oxygen atoms in total. The second-order valence-electron chi connectivity index (χ2n) is 6.25. The van der Waals surface area contributed by atoms with E-state index in [1.54, 1.807) is 17.6 Å². The van der Waals surface area contributed by atoms with Crippen LogP contribution in [0.3, 0.4) is 0 Å². The molecule has 148 valence electrons. The second-order valence-corrected chi connectivity index (χ2v) is 7.04. The Labute approximate surface area is 165 Å². The Bertz CT molecular complexity index is 903. The number of carbonyl (C=O) groups excluding carboxylic acids is 1. The van der Waals surface area contributed by atoms with Gasteiger partial charge in [-0.15, -0.1) is 0 Å². The van der Waals surface area contributed by atoms with Crippen LogP contribution in [0.25, 0.3) is 10.9 Å². The quantitative estimate of drug-likeness (QED) is 0.348. The Morgan fingerprint density at radius 1 is 1.11 bits per heavy atom. The van der Waals surface area contributed by atoms with Crippen LogP contribution >= 0.6 is 15.9 Å². The fourth-order valence-corrected chi connectivity index (χ4v) is 3.36. The van der Waals surface area contributed by atoms with Gasteiger partial charge >= 0.3 is 11.7 Å². The molecule has 1 aromatic heterocycles. The van der Waals surface area contributed by atoms with E-state index in [0.29, 0.717) is 36.9 Å². The number of aryl methyl sites for hydroxylation is 1. The van der Waals surface area contributed by atoms with Gasteiger partial charge in [0.1, 0.15) is 5.75 Å². The molecule has 2 aromatic rings. The van der Waals surface area contributed by atoms with Gasteiger partial charge in [0.15, 0.2) is 0 Å². The van der Waals surface area contributed by atoms with Gasteiger partial charge in [0, 0.05) is 24.8 Å². The van der Waals surface area contributed by atoms with Gasteiger partial charge in [-0.2, -0.15) is 0 Å². The average molecular weight is 441 g/mol. The Balaban J connectivity index is 2.30. The number of phenols is 1. The first kappa shape index (κ1) is 21.2. The SMILES string of the molecule is CCOC(=O)CCCCn1c(=O)c2cc(O)ccc2n(CCCCBr)c1=O. The number of unbranched alkanes of at least 4 members (excludes halogenated alkanes) is 2. The number of aromatic hydroxyl groups is 1. The fourth-order valence-electron chi connectivity index (χ4n) is 2.96. The van der Waals surface area contributed by atoms with Crippen molar-refractivity contribution >= 4 is 32.8 Å². The van der Waals surface area contributed by atoms with Crippen LogP contribution in [0.4, 0.5) is 0 Å². The van der Waals surface area contributed by atoms with Crippen molar-refractivity contribution in [2.45, 2.75) is 52.1 Å². The van der Waals surface area contributed by atoms with Gasteiger partial charge in [-0.3, -0.25) is 18.7 Å². The number of phenolic OH excluding ortho intramolecular Hbond substituents is 1. The van der Waals surface area contributed by atoms with E-state index in [-0.39, 0.29) is 30.4 Å². The molecule has 1 aromatic carbocycles. The summed E-state index contributed by atoms with van der Waals surface area (Å²) < 4.78 is 7.66. The molecule has 1 heterocycles. The van der Waals surface area contributed by atoms with Crippen molar-refractivity contribution in [2.75, 3.05) is 11.9 Å². The van der Waals surface area contributed by atoms with Crippen LogP contribution in [0.15, 0.2) is 27.8 Å². The molecule has 8 heteroatoms. The lowest BCUT2D eigenvalue weighted by Gasteiger charge is -2.14. The Hall–Kier alpha value is -2.09. The zero-order chi connectivity index (χ0) is 19.8. The summed E-state index contributed by atoms with van der Waals surface area (Å²) in [6, 6.07) is 4.48. The summed E-state index contributed by atoms with van der Waals surface area (Å²) in [5.41, 5.74) is -0.247. The van der Waals surface area contributed by atoms with Gasteiger partial charge in [0.2, 0.25) is 0 Å². The molecule has 0 aliphatic heterocycles. The van der Waals surface area contributed by atoms with E-state index in [4.69, 9.17) is 4.74 Å². The number of ether oxygens (including phenoxy) is 1. The molecule has 0 saturated carbocycles. The largest absolute Gasteiger partial charge is 0.508 e. The third-order valence-corrected chi connectivity index (χ3v) is 4.85. The van der Waals surface area contributed by atoms with E-state index in [2.05, 4.69) is 15.9 Å². The van der Waals surface area contributed by atoms with Crippen molar-refractivity contribution in [3.63, 3.8) is 0 Å². The number of aromatic nitrogens is 2. The maximum Gasteiger partial charge on any atom is 0.331 e. The number of alkyl halides is 1. The lowest BCUT2D eigenvalue weighted by Crippen LogP contribution is -2.40. The number of halogens is 1. The summed E-state index contributed by atoms with van der Waals surface area (Å²) in [5, 5.41) is 10.9. The zero-order valence-corrected chi connectivity index (χ0v) is 17.0. The monoisotopic (exact) mass is 440 g/mol. The highest BCUT2D eigenvalue weighted by Crippen LogP contribution is 2.16. The molecular weight excluding hydrogens is 416 g/mol. The van der Waals surface area contributed by atoms with E-state index in [9.17, 15) is 19.5 Å². The minimum absolute atomic E-state index is 0.0147. The third-order valence-electron chi connectivity index (χ3n) is 4.29. The number of esters is 1. The van der Waals surface area contributed by atoms with Crippen LogP contribution in [0.2, 0.25) is 0 Å². The van der Waals surface area contributed by atoms with Crippen molar-refractivity contribution in [2.24, 2.45) is 0 Å². The predicted octanol–water partition coefficient (Wildman–Crippen LogP) is 2.78. The van der Waals surface area contributed by atoms with Crippen molar-refractivity contribution in [3.8, 4) is 5.75 Å². The first-order valence-corrected chi connectivity index (χ1v) is 10.3. The average Bonchev–Trinajstić information content (AvgIpc) is 2.64. The molecule has 2 rings (SSSR count). The van der Waals surface area contributed by atoms with Crippen molar-refractivity contribution in [1.29, 1.82) is 0 Å². The van der Waals surface area contributed by atoms with Crippen LogP contribution in [0, 0.1) is 0 Å². The molecule has 0 atom stereocenters. The molecule has 0 radical (unpaired) electrons. The summed E-state index contributed by atoms with van der Waals surface area (Å²) in [6.07, 6.45) is 3.01. The highest BCUT2D eigenvalue weighted by atomic mass is 79.9. The fraction of sp³-hybridized carbons (Fsp3) is 0.526. The summed E-state index contributed by atoms with van der Waals surface area (Å²) in [6.45, 7) is 2.81. The van der Waals surface area contributed by atoms with Crippen LogP contribution in [0.1, 0.15) is 39.0 Å². The first-order valence-electron chi connectivity index (χ1n) is 9.17. The lowest BCUT2D eigenvalue weighted by molar-refractivity contribution is -0.143. The van der Waals surface area contributed by atoms with Gasteiger partial charge in [-0.1, -0.05) is 15.9 Å². The molecule has 0 fully saturated rings. The van der Waals surface area contributed by atoms with E-state index in [1.807, 2.05) is 0 Å². The molecule has 27 heavy (non-hydrogen) atoms. The van der Waals surface area contributed by atoms with E-state index in [1.165, 1.54) is 16.7 Å². The summed E-state index contributed by atoms with van der Waals surface area (Å²) in [4.78, 5) is 37.0. The Morgan fingerprint density at radius 3 is 2.52 bits per heavy atom. The first-order chi connectivity index (χ1) is 13.0. The molecular formula is C19H25BrN2O5. The zero-order valence-electron chi connectivity index (χ0n) is 15.4. The topological polar surface area (TPSA) is 90.5 Å². The molecule has 0 spiro atoms. The van der Waals surface area contributed by atoms with E-state index < -0.39 is 5.56 Å². The number of hydrogen-bond acceptors (Lipinski definition) is 5. The Morgan fingerprint density at radius 2 is 1.81 bits per heavy atom. The number of nitrogens with zero attached hydrogens (tertiary/aromatic N) is 2. The Kier molecular flexibility index (Phi) is 8.09. The van der Waals surface area contributed by atoms with Crippen LogP contribution in [-0.2, 0) is 22.6 Å². The minimum Gasteiger partial charge on any atom is -0.508 e. The number of benzene rings is 1. The van der Waals surface area contributed by atoms with Crippen molar-refractivity contribution in [1.82, 2.24) is 9.13 Å². The summed E-state index contributed by atoms with van der Waals surface area (Å²) >= 11 is 3.38. The highest BCUT2D eigenvalue weighted by molar-refractivity contribution is 9.09. The van der Waals surface area contributed by atoms with Crippen molar-refractivity contribution < 1.29 is 14.6 Å². The lowest BCUT2D eigenvalue weighted by atomic mass is 10.2. The third kappa shape index (κ3) is 5.45. The summed E-state index contributed by atoms with van der Waals surface area (Å²) in [5.74, 6) is -0.292. The number of carbonyl (C=O) groups is 1. The molecule has 1 N–H and O–H groups in total. The van der Waals surface area contributed by atoms with Gasteiger partial charge in [0.25, 0.3) is 5.56 Å². The maximum atomic E-state index is 12.9. The molecule has 0 saturated heterocycles. The maximum absolute atomic E-state index is 12.9. The van der Waals surface area contributed by atoms with Gasteiger partial charge in [-0.25, -0.2) is 4.79 Å². The van der Waals surface area contributed by atoms with Gasteiger partial charge in [0.05, 0.1) is 17.5 Å². The van der Waals surface area contributed by atoms with Crippen LogP contribution in [-0.4, -0.2) is 32.1 Å². The molecule has 0 unspecified atom stereocenters. The standard InChI is InChI=1S/C19H25BrN2O5/c1-2-27-17(24)7-3-5-12-22-18(25)15-13-14(23)8-9-16(15)21(19(22)26)11-6-4-10-20/h8-9,13,23H,2-7,10-12H2,1H3. The molecule has 0 aliphatic rings. The van der Waals surface area contributed by atoms with Gasteiger partial charge in [-0.05, 0) is 50.8 Å². The summed E-state index contributed by atoms with van der Waals surface area (Å²) in [7, 11) is 0. The predicted molar refractivity (Wildman–Crippen MR) is 108 cm³/mol. The highest BCUT2D eigenvalue weighted by Gasteiger charge is 2.14. The van der Waals surface area contributed by atoms with E-state index >= 15 is 0 Å². The van der Waals surface area contributed by atoms with Gasteiger partial charge < -0.3 is 9.84 Å². The van der Waals surface area contributed by atoms with Crippen LogP contribution in [0.5, 0.6) is 5.75 Å². The normalized spacial score (nSPS) is 11.0. The number of hydrogen-bond donors (Lipinski definition) is 1. The second kappa shape index (κ2) is 10.3.